The monoisotopic (exact) mass is 441 g/mol. The first-order chi connectivity index (χ1) is 15.0. The highest BCUT2D eigenvalue weighted by atomic mass is 35.5. The van der Waals surface area contributed by atoms with Gasteiger partial charge in [0.15, 0.2) is 0 Å². The topological polar surface area (TPSA) is 95.9 Å². The van der Waals surface area contributed by atoms with Crippen LogP contribution >= 0.6 is 11.6 Å². The average molecular weight is 442 g/mol. The highest BCUT2D eigenvalue weighted by Crippen LogP contribution is 2.35. The molecule has 1 aromatic carbocycles. The molecule has 31 heavy (non-hydrogen) atoms. The minimum atomic E-state index is -0.543. The number of anilines is 2. The fourth-order valence-corrected chi connectivity index (χ4v) is 3.92. The van der Waals surface area contributed by atoms with Crippen LogP contribution in [0.4, 0.5) is 16.3 Å². The SMILES string of the molecule is CCc1ccccc1NC(=O)N1CCC2(CC1)CC(C(=O)Nc1ccc(Cl)cn1)=NO2. The number of rotatable bonds is 4. The zero-order chi connectivity index (χ0) is 21.8. The van der Waals surface area contributed by atoms with Crippen molar-refractivity contribution in [3.05, 3.63) is 53.2 Å². The van der Waals surface area contributed by atoms with E-state index >= 15 is 0 Å². The van der Waals surface area contributed by atoms with Gasteiger partial charge >= 0.3 is 6.03 Å². The van der Waals surface area contributed by atoms with Crippen molar-refractivity contribution in [3.63, 3.8) is 0 Å². The summed E-state index contributed by atoms with van der Waals surface area (Å²) in [6, 6.07) is 11.0. The number of pyridine rings is 1. The predicted molar refractivity (Wildman–Crippen MR) is 119 cm³/mol. The summed E-state index contributed by atoms with van der Waals surface area (Å²) in [7, 11) is 0. The predicted octanol–water partition coefficient (Wildman–Crippen LogP) is 4.08. The molecule has 2 N–H and O–H groups in total. The van der Waals surface area contributed by atoms with Crippen LogP contribution in [0.2, 0.25) is 5.02 Å². The summed E-state index contributed by atoms with van der Waals surface area (Å²) in [5.74, 6) is 0.0555. The van der Waals surface area contributed by atoms with Crippen LogP contribution in [0.1, 0.15) is 31.7 Å². The van der Waals surface area contributed by atoms with E-state index in [-0.39, 0.29) is 11.9 Å². The molecule has 0 aliphatic carbocycles. The molecule has 0 atom stereocenters. The number of likely N-dealkylation sites (tertiary alicyclic amines) is 1. The third-order valence-electron chi connectivity index (χ3n) is 5.67. The average Bonchev–Trinajstić information content (AvgIpc) is 3.20. The highest BCUT2D eigenvalue weighted by molar-refractivity contribution is 6.43. The fraction of sp³-hybridized carbons (Fsp3) is 0.364. The van der Waals surface area contributed by atoms with Gasteiger partial charge in [-0.2, -0.15) is 0 Å². The van der Waals surface area contributed by atoms with Crippen LogP contribution in [0.3, 0.4) is 0 Å². The van der Waals surface area contributed by atoms with Crippen LogP contribution in [-0.4, -0.2) is 46.2 Å². The van der Waals surface area contributed by atoms with E-state index in [1.54, 1.807) is 17.0 Å². The Morgan fingerprint density at radius 3 is 2.65 bits per heavy atom. The van der Waals surface area contributed by atoms with E-state index < -0.39 is 5.60 Å². The Bertz CT molecular complexity index is 1000. The lowest BCUT2D eigenvalue weighted by atomic mass is 9.87. The molecule has 0 radical (unpaired) electrons. The molecule has 2 aromatic rings. The van der Waals surface area contributed by atoms with Crippen molar-refractivity contribution in [1.29, 1.82) is 0 Å². The van der Waals surface area contributed by atoms with Gasteiger partial charge < -0.3 is 20.4 Å². The summed E-state index contributed by atoms with van der Waals surface area (Å²) in [6.07, 6.45) is 3.93. The van der Waals surface area contributed by atoms with Gasteiger partial charge in [0.25, 0.3) is 5.91 Å². The number of oxime groups is 1. The molecule has 0 saturated carbocycles. The Hall–Kier alpha value is -3.13. The normalized spacial score (nSPS) is 17.1. The molecule has 1 fully saturated rings. The molecule has 9 heteroatoms. The first-order valence-electron chi connectivity index (χ1n) is 10.3. The number of aryl methyl sites for hydroxylation is 1. The number of urea groups is 1. The molecule has 3 heterocycles. The van der Waals surface area contributed by atoms with Crippen LogP contribution in [0.5, 0.6) is 0 Å². The zero-order valence-corrected chi connectivity index (χ0v) is 18.0. The first-order valence-corrected chi connectivity index (χ1v) is 10.7. The first kappa shape index (κ1) is 21.1. The number of nitrogens with zero attached hydrogens (tertiary/aromatic N) is 3. The zero-order valence-electron chi connectivity index (χ0n) is 17.2. The Labute approximate surface area is 185 Å². The summed E-state index contributed by atoms with van der Waals surface area (Å²) >= 11 is 5.82. The van der Waals surface area contributed by atoms with E-state index in [1.807, 2.05) is 24.3 Å². The van der Waals surface area contributed by atoms with Crippen LogP contribution in [0.25, 0.3) is 0 Å². The molecule has 0 bridgehead atoms. The molecule has 4 rings (SSSR count). The fourth-order valence-electron chi connectivity index (χ4n) is 3.81. The summed E-state index contributed by atoms with van der Waals surface area (Å²) in [6.45, 7) is 3.12. The molecule has 0 unspecified atom stereocenters. The summed E-state index contributed by atoms with van der Waals surface area (Å²) < 4.78 is 0. The summed E-state index contributed by atoms with van der Waals surface area (Å²) in [5.41, 5.74) is 1.72. The lowest BCUT2D eigenvalue weighted by molar-refractivity contribution is -0.110. The maximum atomic E-state index is 12.7. The van der Waals surface area contributed by atoms with Crippen molar-refractivity contribution in [3.8, 4) is 0 Å². The number of para-hydroxylation sites is 1. The second-order valence-corrected chi connectivity index (χ2v) is 8.17. The van der Waals surface area contributed by atoms with E-state index in [0.29, 0.717) is 48.9 Å². The lowest BCUT2D eigenvalue weighted by Gasteiger charge is -2.37. The van der Waals surface area contributed by atoms with Crippen molar-refractivity contribution >= 4 is 40.8 Å². The highest BCUT2D eigenvalue weighted by Gasteiger charge is 2.44. The smallest absolute Gasteiger partial charge is 0.321 e. The molecule has 1 aromatic heterocycles. The number of hydrogen-bond donors (Lipinski definition) is 2. The number of benzene rings is 1. The minimum absolute atomic E-state index is 0.124. The second-order valence-electron chi connectivity index (χ2n) is 7.73. The molecule has 2 aliphatic heterocycles. The minimum Gasteiger partial charge on any atom is -0.388 e. The molecular weight excluding hydrogens is 418 g/mol. The van der Waals surface area contributed by atoms with E-state index in [1.165, 1.54) is 6.20 Å². The van der Waals surface area contributed by atoms with Gasteiger partial charge in [0.1, 0.15) is 17.1 Å². The maximum absolute atomic E-state index is 12.7. The van der Waals surface area contributed by atoms with Crippen LogP contribution in [0, 0.1) is 0 Å². The van der Waals surface area contributed by atoms with Gasteiger partial charge in [0, 0.05) is 44.2 Å². The van der Waals surface area contributed by atoms with Crippen molar-refractivity contribution < 1.29 is 14.4 Å². The van der Waals surface area contributed by atoms with Crippen molar-refractivity contribution in [2.75, 3.05) is 23.7 Å². The third kappa shape index (κ3) is 4.80. The van der Waals surface area contributed by atoms with Crippen LogP contribution in [0.15, 0.2) is 47.8 Å². The number of piperidine rings is 1. The number of carbonyl (C=O) groups excluding carboxylic acids is 2. The number of carbonyl (C=O) groups is 2. The molecule has 1 saturated heterocycles. The van der Waals surface area contributed by atoms with E-state index in [0.717, 1.165) is 17.7 Å². The Morgan fingerprint density at radius 1 is 1.16 bits per heavy atom. The Morgan fingerprint density at radius 2 is 1.94 bits per heavy atom. The van der Waals surface area contributed by atoms with Crippen LogP contribution < -0.4 is 10.6 Å². The second kappa shape index (κ2) is 8.93. The van der Waals surface area contributed by atoms with Crippen molar-refractivity contribution in [2.45, 2.75) is 38.2 Å². The molecule has 2 aliphatic rings. The molecule has 1 spiro atoms. The van der Waals surface area contributed by atoms with Gasteiger partial charge in [-0.25, -0.2) is 9.78 Å². The Balaban J connectivity index is 1.30. The molecule has 3 amide bonds. The number of aromatic nitrogens is 1. The lowest BCUT2D eigenvalue weighted by Crippen LogP contribution is -2.48. The molecular formula is C22H24ClN5O3. The maximum Gasteiger partial charge on any atom is 0.321 e. The van der Waals surface area contributed by atoms with E-state index in [4.69, 9.17) is 16.4 Å². The van der Waals surface area contributed by atoms with Gasteiger partial charge in [-0.1, -0.05) is 41.9 Å². The third-order valence-corrected chi connectivity index (χ3v) is 5.90. The van der Waals surface area contributed by atoms with Crippen molar-refractivity contribution in [2.24, 2.45) is 5.16 Å². The summed E-state index contributed by atoms with van der Waals surface area (Å²) in [5, 5.41) is 10.2. The van der Waals surface area contributed by atoms with Gasteiger partial charge in [-0.3, -0.25) is 4.79 Å². The van der Waals surface area contributed by atoms with Crippen LogP contribution in [-0.2, 0) is 16.1 Å². The summed E-state index contributed by atoms with van der Waals surface area (Å²) in [4.78, 5) is 36.7. The number of hydrogen-bond acceptors (Lipinski definition) is 5. The molecule has 8 nitrogen and oxygen atoms in total. The van der Waals surface area contributed by atoms with Gasteiger partial charge in [-0.15, -0.1) is 0 Å². The Kier molecular flexibility index (Phi) is 6.08. The van der Waals surface area contributed by atoms with Gasteiger partial charge in [0.2, 0.25) is 0 Å². The quantitative estimate of drug-likeness (QED) is 0.747. The van der Waals surface area contributed by atoms with E-state index in [2.05, 4.69) is 27.7 Å². The van der Waals surface area contributed by atoms with Gasteiger partial charge in [-0.05, 0) is 30.2 Å². The number of amides is 3. The number of nitrogens with one attached hydrogen (secondary N) is 2. The standard InChI is InChI=1S/C22H24ClN5O3/c1-2-15-5-3-4-6-17(15)25-21(30)28-11-9-22(10-12-28)13-18(27-31-22)20(29)26-19-8-7-16(23)14-24-19/h3-8,14H,2,9-13H2,1H3,(H,25,30)(H,24,26,29). The van der Waals surface area contributed by atoms with Gasteiger partial charge in [0.05, 0.1) is 5.02 Å². The van der Waals surface area contributed by atoms with Crippen molar-refractivity contribution in [1.82, 2.24) is 9.88 Å². The largest absolute Gasteiger partial charge is 0.388 e. The van der Waals surface area contributed by atoms with E-state index in [9.17, 15) is 9.59 Å². The molecule has 162 valence electrons. The number of halogens is 1.